The van der Waals surface area contributed by atoms with Crippen LogP contribution in [0.1, 0.15) is 11.1 Å². The molecule has 0 unspecified atom stereocenters. The summed E-state index contributed by atoms with van der Waals surface area (Å²) in [7, 11) is 0. The van der Waals surface area contributed by atoms with Crippen LogP contribution < -0.4 is 0 Å². The van der Waals surface area contributed by atoms with E-state index in [1.54, 1.807) is 12.1 Å². The Kier molecular flexibility index (Phi) is 4.37. The van der Waals surface area contributed by atoms with Crippen LogP contribution in [0, 0.1) is 6.92 Å². The summed E-state index contributed by atoms with van der Waals surface area (Å²) < 4.78 is 0.937. The number of hydrogen-bond donors (Lipinski definition) is 1. The normalized spacial score (nSPS) is 10.9. The Morgan fingerprint density at radius 2 is 2.04 bits per heavy atom. The lowest BCUT2D eigenvalue weighted by atomic mass is 9.95. The largest absolute Gasteiger partial charge is 0.481 e. The predicted octanol–water partition coefficient (Wildman–Crippen LogP) is 5.25. The Hall–Kier alpha value is -1.91. The average Bonchev–Trinajstić information content (AvgIpc) is 2.50. The molecule has 0 atom stereocenters. The molecule has 1 aromatic heterocycles. The van der Waals surface area contributed by atoms with Gasteiger partial charge >= 0.3 is 5.97 Å². The van der Waals surface area contributed by atoms with Gasteiger partial charge in [0, 0.05) is 20.4 Å². The second-order valence-corrected chi connectivity index (χ2v) is 6.66. The van der Waals surface area contributed by atoms with E-state index in [2.05, 4.69) is 15.9 Å². The molecule has 2 aromatic carbocycles. The lowest BCUT2D eigenvalue weighted by Gasteiger charge is -2.14. The molecular formula is C18H13BrClNO2. The minimum Gasteiger partial charge on any atom is -0.481 e. The molecule has 0 spiro atoms. The highest BCUT2D eigenvalue weighted by molar-refractivity contribution is 9.10. The quantitative estimate of drug-likeness (QED) is 0.664. The van der Waals surface area contributed by atoms with Gasteiger partial charge in [0.05, 0.1) is 17.6 Å². The fourth-order valence-electron chi connectivity index (χ4n) is 2.68. The van der Waals surface area contributed by atoms with Crippen LogP contribution in [0.5, 0.6) is 0 Å². The molecule has 3 aromatic rings. The van der Waals surface area contributed by atoms with Gasteiger partial charge < -0.3 is 5.11 Å². The molecule has 5 heteroatoms. The Balaban J connectivity index is 2.34. The van der Waals surface area contributed by atoms with Crippen molar-refractivity contribution >= 4 is 44.4 Å². The Bertz CT molecular complexity index is 924. The first kappa shape index (κ1) is 16.0. The monoisotopic (exact) mass is 389 g/mol. The maximum absolute atomic E-state index is 11.3. The van der Waals surface area contributed by atoms with Crippen molar-refractivity contribution in [3.05, 3.63) is 63.1 Å². The van der Waals surface area contributed by atoms with Gasteiger partial charge in [0.1, 0.15) is 0 Å². The molecule has 0 saturated carbocycles. The number of aliphatic carboxylic acids is 1. The molecule has 0 saturated heterocycles. The third-order valence-corrected chi connectivity index (χ3v) is 4.49. The van der Waals surface area contributed by atoms with Gasteiger partial charge in [-0.15, -0.1) is 0 Å². The van der Waals surface area contributed by atoms with Crippen LogP contribution >= 0.6 is 27.5 Å². The third-order valence-electron chi connectivity index (χ3n) is 3.76. The number of carboxylic acids is 1. The van der Waals surface area contributed by atoms with Crippen molar-refractivity contribution in [3.8, 4) is 11.3 Å². The lowest BCUT2D eigenvalue weighted by Crippen LogP contribution is -2.06. The number of aryl methyl sites for hydroxylation is 1. The summed E-state index contributed by atoms with van der Waals surface area (Å²) in [5, 5.41) is 10.8. The molecule has 1 N–H and O–H groups in total. The van der Waals surface area contributed by atoms with Crippen molar-refractivity contribution in [3.63, 3.8) is 0 Å². The molecule has 116 valence electrons. The van der Waals surface area contributed by atoms with Crippen molar-refractivity contribution in [2.45, 2.75) is 13.3 Å². The highest BCUT2D eigenvalue weighted by Crippen LogP contribution is 2.32. The van der Waals surface area contributed by atoms with Crippen molar-refractivity contribution in [2.24, 2.45) is 0 Å². The van der Waals surface area contributed by atoms with Gasteiger partial charge in [0.25, 0.3) is 0 Å². The van der Waals surface area contributed by atoms with E-state index in [-0.39, 0.29) is 6.42 Å². The van der Waals surface area contributed by atoms with E-state index in [0.29, 0.717) is 16.3 Å². The van der Waals surface area contributed by atoms with E-state index in [9.17, 15) is 9.90 Å². The summed E-state index contributed by atoms with van der Waals surface area (Å²) in [6.45, 7) is 1.93. The zero-order chi connectivity index (χ0) is 16.6. The van der Waals surface area contributed by atoms with E-state index in [0.717, 1.165) is 26.5 Å². The van der Waals surface area contributed by atoms with Crippen LogP contribution in [-0.2, 0) is 11.2 Å². The van der Waals surface area contributed by atoms with Crippen LogP contribution in [0.3, 0.4) is 0 Å². The van der Waals surface area contributed by atoms with Crippen LogP contribution in [0.15, 0.2) is 46.9 Å². The van der Waals surface area contributed by atoms with E-state index in [4.69, 9.17) is 16.6 Å². The number of rotatable bonds is 3. The molecule has 3 nitrogen and oxygen atoms in total. The topological polar surface area (TPSA) is 50.2 Å². The van der Waals surface area contributed by atoms with E-state index < -0.39 is 5.97 Å². The van der Waals surface area contributed by atoms with Crippen LogP contribution in [0.25, 0.3) is 22.2 Å². The first-order valence-electron chi connectivity index (χ1n) is 7.02. The highest BCUT2D eigenvalue weighted by atomic mass is 79.9. The van der Waals surface area contributed by atoms with Gasteiger partial charge in [-0.3, -0.25) is 4.79 Å². The van der Waals surface area contributed by atoms with Crippen LogP contribution in [-0.4, -0.2) is 16.1 Å². The maximum atomic E-state index is 11.3. The second kappa shape index (κ2) is 6.30. The molecule has 0 amide bonds. The van der Waals surface area contributed by atoms with E-state index in [1.807, 2.05) is 37.3 Å². The van der Waals surface area contributed by atoms with Crippen LogP contribution in [0.2, 0.25) is 5.02 Å². The Morgan fingerprint density at radius 3 is 2.74 bits per heavy atom. The molecule has 0 fully saturated rings. The van der Waals surface area contributed by atoms with Crippen LogP contribution in [0.4, 0.5) is 0 Å². The SMILES string of the molecule is Cc1c(CC(=O)O)c(-c2cccc(Cl)c2)nc2ccc(Br)cc12. The van der Waals surface area contributed by atoms with Gasteiger partial charge in [-0.1, -0.05) is 39.7 Å². The zero-order valence-electron chi connectivity index (χ0n) is 12.3. The molecule has 23 heavy (non-hydrogen) atoms. The predicted molar refractivity (Wildman–Crippen MR) is 96.0 cm³/mol. The fraction of sp³-hybridized carbons (Fsp3) is 0.111. The first-order valence-corrected chi connectivity index (χ1v) is 8.19. The van der Waals surface area contributed by atoms with E-state index >= 15 is 0 Å². The van der Waals surface area contributed by atoms with Crippen molar-refractivity contribution in [1.29, 1.82) is 0 Å². The fourth-order valence-corrected chi connectivity index (χ4v) is 3.23. The molecular weight excluding hydrogens is 378 g/mol. The number of pyridine rings is 1. The molecule has 1 heterocycles. The molecule has 0 bridgehead atoms. The minimum atomic E-state index is -0.882. The van der Waals surface area contributed by atoms with Crippen molar-refractivity contribution in [1.82, 2.24) is 4.98 Å². The standard InChI is InChI=1S/C18H13BrClNO2/c1-10-14-8-12(19)5-6-16(14)21-18(15(10)9-17(22)23)11-3-2-4-13(20)7-11/h2-8H,9H2,1H3,(H,22,23). The number of nitrogens with zero attached hydrogens (tertiary/aromatic N) is 1. The van der Waals surface area contributed by atoms with Gasteiger partial charge in [0.2, 0.25) is 0 Å². The summed E-state index contributed by atoms with van der Waals surface area (Å²) in [6.07, 6.45) is -0.0802. The molecule has 0 aliphatic carbocycles. The minimum absolute atomic E-state index is 0.0802. The number of carboxylic acid groups (broad SMARTS) is 1. The number of halogens is 2. The van der Waals surface area contributed by atoms with E-state index in [1.165, 1.54) is 0 Å². The molecule has 0 radical (unpaired) electrons. The number of hydrogen-bond acceptors (Lipinski definition) is 2. The number of carbonyl (C=O) groups is 1. The van der Waals surface area contributed by atoms with Crippen molar-refractivity contribution in [2.75, 3.05) is 0 Å². The maximum Gasteiger partial charge on any atom is 0.307 e. The summed E-state index contributed by atoms with van der Waals surface area (Å²) in [4.78, 5) is 16.0. The second-order valence-electron chi connectivity index (χ2n) is 5.31. The summed E-state index contributed by atoms with van der Waals surface area (Å²) in [6, 6.07) is 13.1. The molecule has 3 rings (SSSR count). The summed E-state index contributed by atoms with van der Waals surface area (Å²) >= 11 is 9.53. The number of benzene rings is 2. The molecule has 0 aliphatic rings. The molecule has 0 aliphatic heterocycles. The average molecular weight is 391 g/mol. The van der Waals surface area contributed by atoms with Gasteiger partial charge in [0.15, 0.2) is 0 Å². The zero-order valence-corrected chi connectivity index (χ0v) is 14.6. The summed E-state index contributed by atoms with van der Waals surface area (Å²) in [5.74, 6) is -0.882. The van der Waals surface area contributed by atoms with Gasteiger partial charge in [-0.25, -0.2) is 4.98 Å². The van der Waals surface area contributed by atoms with Gasteiger partial charge in [-0.2, -0.15) is 0 Å². The Morgan fingerprint density at radius 1 is 1.26 bits per heavy atom. The van der Waals surface area contributed by atoms with Gasteiger partial charge in [-0.05, 0) is 48.4 Å². The Labute approximate surface area is 147 Å². The number of aromatic nitrogens is 1. The smallest absolute Gasteiger partial charge is 0.307 e. The summed E-state index contributed by atoms with van der Waals surface area (Å²) in [5.41, 5.74) is 3.96. The number of fused-ring (bicyclic) bond motifs is 1. The lowest BCUT2D eigenvalue weighted by molar-refractivity contribution is -0.136. The first-order chi connectivity index (χ1) is 11.0. The van der Waals surface area contributed by atoms with Crippen molar-refractivity contribution < 1.29 is 9.90 Å². The third kappa shape index (κ3) is 3.23. The highest BCUT2D eigenvalue weighted by Gasteiger charge is 2.16.